The smallest absolute Gasteiger partial charge is 0.416 e. The van der Waals surface area contributed by atoms with Crippen molar-refractivity contribution in [2.45, 2.75) is 32.1 Å². The molecule has 0 bridgehead atoms. The van der Waals surface area contributed by atoms with Gasteiger partial charge < -0.3 is 14.6 Å². The SMILES string of the molecule is Cc1ocnc1C(=O)N[C@H]1CC(=O)N(Cc2ccccc2C(F)(F)F)C1. The Balaban J connectivity index is 1.68. The van der Waals surface area contributed by atoms with Gasteiger partial charge >= 0.3 is 6.18 Å². The van der Waals surface area contributed by atoms with Gasteiger partial charge in [-0.2, -0.15) is 13.2 Å². The minimum atomic E-state index is -4.49. The van der Waals surface area contributed by atoms with Gasteiger partial charge in [0.25, 0.3) is 5.91 Å². The molecule has 2 heterocycles. The summed E-state index contributed by atoms with van der Waals surface area (Å²) in [4.78, 5) is 29.4. The molecule has 1 aromatic heterocycles. The standard InChI is InChI=1S/C17H16F3N3O3/c1-10-15(21-9-26-10)16(25)22-12-6-14(24)23(8-12)7-11-4-2-3-5-13(11)17(18,19)20/h2-5,9,12H,6-8H2,1H3,(H,22,25)/t12-/m0/s1. The predicted molar refractivity (Wildman–Crippen MR) is 84.0 cm³/mol. The first-order valence-corrected chi connectivity index (χ1v) is 7.89. The lowest BCUT2D eigenvalue weighted by atomic mass is 10.1. The summed E-state index contributed by atoms with van der Waals surface area (Å²) in [6, 6.07) is 4.65. The van der Waals surface area contributed by atoms with Crippen LogP contribution in [0.1, 0.15) is 33.8 Å². The van der Waals surface area contributed by atoms with Crippen molar-refractivity contribution in [3.8, 4) is 0 Å². The highest BCUT2D eigenvalue weighted by atomic mass is 19.4. The summed E-state index contributed by atoms with van der Waals surface area (Å²) < 4.78 is 44.2. The Morgan fingerprint density at radius 1 is 1.38 bits per heavy atom. The Labute approximate surface area is 147 Å². The van der Waals surface area contributed by atoms with Crippen molar-refractivity contribution in [3.05, 3.63) is 53.2 Å². The average Bonchev–Trinajstić information content (AvgIpc) is 3.13. The fourth-order valence-corrected chi connectivity index (χ4v) is 2.94. The first-order chi connectivity index (χ1) is 12.3. The molecule has 1 aromatic carbocycles. The van der Waals surface area contributed by atoms with Gasteiger partial charge in [0.05, 0.1) is 11.6 Å². The third-order valence-corrected chi connectivity index (χ3v) is 4.19. The van der Waals surface area contributed by atoms with Gasteiger partial charge in [0, 0.05) is 19.5 Å². The number of carbonyl (C=O) groups excluding carboxylic acids is 2. The molecule has 138 valence electrons. The van der Waals surface area contributed by atoms with Crippen molar-refractivity contribution in [2.75, 3.05) is 6.54 Å². The maximum absolute atomic E-state index is 13.1. The van der Waals surface area contributed by atoms with E-state index in [4.69, 9.17) is 4.42 Å². The first-order valence-electron chi connectivity index (χ1n) is 7.89. The third-order valence-electron chi connectivity index (χ3n) is 4.19. The summed E-state index contributed by atoms with van der Waals surface area (Å²) >= 11 is 0. The van der Waals surface area contributed by atoms with E-state index in [0.717, 1.165) is 12.5 Å². The number of nitrogens with one attached hydrogen (secondary N) is 1. The van der Waals surface area contributed by atoms with Gasteiger partial charge in [0.2, 0.25) is 5.91 Å². The summed E-state index contributed by atoms with van der Waals surface area (Å²) in [6.45, 7) is 1.56. The van der Waals surface area contributed by atoms with Crippen LogP contribution in [0.15, 0.2) is 35.1 Å². The van der Waals surface area contributed by atoms with Gasteiger partial charge in [-0.25, -0.2) is 4.98 Å². The quantitative estimate of drug-likeness (QED) is 0.901. The van der Waals surface area contributed by atoms with Crippen molar-refractivity contribution < 1.29 is 27.2 Å². The van der Waals surface area contributed by atoms with Crippen molar-refractivity contribution in [1.82, 2.24) is 15.2 Å². The number of rotatable bonds is 4. The van der Waals surface area contributed by atoms with Gasteiger partial charge in [-0.1, -0.05) is 18.2 Å². The number of likely N-dealkylation sites (tertiary alicyclic amines) is 1. The Bertz CT molecular complexity index is 832. The topological polar surface area (TPSA) is 75.4 Å². The zero-order valence-electron chi connectivity index (χ0n) is 13.8. The lowest BCUT2D eigenvalue weighted by molar-refractivity contribution is -0.139. The van der Waals surface area contributed by atoms with Crippen LogP contribution < -0.4 is 5.32 Å². The number of carbonyl (C=O) groups is 2. The number of hydrogen-bond acceptors (Lipinski definition) is 4. The zero-order valence-corrected chi connectivity index (χ0v) is 13.8. The molecule has 9 heteroatoms. The molecule has 0 aliphatic carbocycles. The summed E-state index contributed by atoms with van der Waals surface area (Å²) in [5, 5.41) is 2.67. The number of aryl methyl sites for hydroxylation is 1. The van der Waals surface area contributed by atoms with Crippen LogP contribution in [-0.2, 0) is 17.5 Å². The zero-order chi connectivity index (χ0) is 18.9. The Morgan fingerprint density at radius 3 is 2.77 bits per heavy atom. The van der Waals surface area contributed by atoms with Gasteiger partial charge in [-0.3, -0.25) is 9.59 Å². The second-order valence-corrected chi connectivity index (χ2v) is 6.06. The molecule has 1 saturated heterocycles. The highest BCUT2D eigenvalue weighted by Gasteiger charge is 2.36. The Morgan fingerprint density at radius 2 is 2.12 bits per heavy atom. The second-order valence-electron chi connectivity index (χ2n) is 6.06. The normalized spacial score (nSPS) is 17.6. The van der Waals surface area contributed by atoms with E-state index in [2.05, 4.69) is 10.3 Å². The minimum absolute atomic E-state index is 0.0210. The molecule has 0 saturated carbocycles. The lowest BCUT2D eigenvalue weighted by Gasteiger charge is -2.20. The van der Waals surface area contributed by atoms with Crippen LogP contribution in [0.4, 0.5) is 13.2 Å². The molecule has 1 atom stereocenters. The average molecular weight is 367 g/mol. The van der Waals surface area contributed by atoms with Crippen LogP contribution in [0.25, 0.3) is 0 Å². The van der Waals surface area contributed by atoms with Crippen molar-refractivity contribution in [3.63, 3.8) is 0 Å². The van der Waals surface area contributed by atoms with Crippen molar-refractivity contribution >= 4 is 11.8 Å². The van der Waals surface area contributed by atoms with Gasteiger partial charge in [-0.05, 0) is 18.6 Å². The van der Waals surface area contributed by atoms with E-state index in [-0.39, 0.29) is 36.7 Å². The monoisotopic (exact) mass is 367 g/mol. The molecule has 26 heavy (non-hydrogen) atoms. The summed E-state index contributed by atoms with van der Waals surface area (Å²) in [7, 11) is 0. The molecule has 0 spiro atoms. The number of hydrogen-bond donors (Lipinski definition) is 1. The van der Waals surface area contributed by atoms with E-state index >= 15 is 0 Å². The molecular formula is C17H16F3N3O3. The summed E-state index contributed by atoms with van der Waals surface area (Å²) in [5.74, 6) is -0.446. The van der Waals surface area contributed by atoms with E-state index in [0.29, 0.717) is 5.76 Å². The number of halogens is 3. The van der Waals surface area contributed by atoms with E-state index in [1.807, 2.05) is 0 Å². The van der Waals surface area contributed by atoms with Crippen LogP contribution in [0, 0.1) is 6.92 Å². The molecule has 2 amide bonds. The van der Waals surface area contributed by atoms with Crippen LogP contribution in [0.3, 0.4) is 0 Å². The maximum Gasteiger partial charge on any atom is 0.416 e. The number of benzene rings is 1. The number of amides is 2. The predicted octanol–water partition coefficient (Wildman–Crippen LogP) is 2.53. The Kier molecular flexibility index (Phi) is 4.71. The van der Waals surface area contributed by atoms with Crippen molar-refractivity contribution in [1.29, 1.82) is 0 Å². The molecule has 3 rings (SSSR count). The first kappa shape index (κ1) is 18.0. The van der Waals surface area contributed by atoms with E-state index in [1.165, 1.54) is 23.1 Å². The molecule has 0 radical (unpaired) electrons. The lowest BCUT2D eigenvalue weighted by Crippen LogP contribution is -2.37. The largest absolute Gasteiger partial charge is 0.448 e. The third kappa shape index (κ3) is 3.71. The van der Waals surface area contributed by atoms with Gasteiger partial charge in [0.1, 0.15) is 5.76 Å². The molecule has 1 aliphatic rings. The van der Waals surface area contributed by atoms with Crippen LogP contribution in [0.2, 0.25) is 0 Å². The molecule has 2 aromatic rings. The highest BCUT2D eigenvalue weighted by Crippen LogP contribution is 2.32. The van der Waals surface area contributed by atoms with Crippen molar-refractivity contribution in [2.24, 2.45) is 0 Å². The fourth-order valence-electron chi connectivity index (χ4n) is 2.94. The summed E-state index contributed by atoms with van der Waals surface area (Å²) in [6.07, 6.45) is -3.32. The molecular weight excluding hydrogens is 351 g/mol. The number of nitrogens with zero attached hydrogens (tertiary/aromatic N) is 2. The van der Waals surface area contributed by atoms with Crippen LogP contribution in [0.5, 0.6) is 0 Å². The molecule has 1 N–H and O–H groups in total. The van der Waals surface area contributed by atoms with E-state index < -0.39 is 23.7 Å². The number of oxazole rings is 1. The molecule has 6 nitrogen and oxygen atoms in total. The summed E-state index contributed by atoms with van der Waals surface area (Å²) in [5.41, 5.74) is -0.621. The van der Waals surface area contributed by atoms with Crippen LogP contribution >= 0.6 is 0 Å². The van der Waals surface area contributed by atoms with E-state index in [9.17, 15) is 22.8 Å². The Hall–Kier alpha value is -2.84. The minimum Gasteiger partial charge on any atom is -0.448 e. The molecule has 1 aliphatic heterocycles. The molecule has 1 fully saturated rings. The highest BCUT2D eigenvalue weighted by molar-refractivity contribution is 5.94. The van der Waals surface area contributed by atoms with E-state index in [1.54, 1.807) is 6.92 Å². The second kappa shape index (κ2) is 6.81. The van der Waals surface area contributed by atoms with Gasteiger partial charge in [0.15, 0.2) is 12.1 Å². The number of aromatic nitrogens is 1. The fraction of sp³-hybridized carbons (Fsp3) is 0.353. The molecule has 0 unspecified atom stereocenters. The number of alkyl halides is 3. The van der Waals surface area contributed by atoms with Crippen LogP contribution in [-0.4, -0.2) is 34.3 Å². The van der Waals surface area contributed by atoms with Gasteiger partial charge in [-0.15, -0.1) is 0 Å². The maximum atomic E-state index is 13.1.